The van der Waals surface area contributed by atoms with Crippen LogP contribution in [0.3, 0.4) is 0 Å². The van der Waals surface area contributed by atoms with Crippen molar-refractivity contribution < 1.29 is 9.53 Å². The van der Waals surface area contributed by atoms with Crippen molar-refractivity contribution in [1.29, 1.82) is 0 Å². The molecular formula is C28H22N2O2S. The summed E-state index contributed by atoms with van der Waals surface area (Å²) in [6.07, 6.45) is 0. The van der Waals surface area contributed by atoms with Crippen LogP contribution in [0.15, 0.2) is 91.0 Å². The van der Waals surface area contributed by atoms with Gasteiger partial charge in [-0.1, -0.05) is 95.8 Å². The van der Waals surface area contributed by atoms with Crippen molar-refractivity contribution in [3.05, 3.63) is 102 Å². The van der Waals surface area contributed by atoms with E-state index in [1.165, 1.54) is 16.9 Å². The standard InChI is InChI=1S/C28H22N2O2S/c1-18-12-14-19(15-13-18)25-26(20-8-4-3-5-9-20)33-28(29-25)30-27(31)23-16-21-10-6-7-11-22(21)17-24(23)32-2/h3-17H,1-2H3,(H,29,30,31). The van der Waals surface area contributed by atoms with Crippen LogP contribution in [0.1, 0.15) is 15.9 Å². The summed E-state index contributed by atoms with van der Waals surface area (Å²) in [6.45, 7) is 2.06. The lowest BCUT2D eigenvalue weighted by Gasteiger charge is -2.10. The third-order valence-corrected chi connectivity index (χ3v) is 6.54. The lowest BCUT2D eigenvalue weighted by Crippen LogP contribution is -2.13. The Labute approximate surface area is 196 Å². The number of nitrogens with one attached hydrogen (secondary N) is 1. The molecule has 0 atom stereocenters. The van der Waals surface area contributed by atoms with Crippen LogP contribution in [0.25, 0.3) is 32.5 Å². The van der Waals surface area contributed by atoms with E-state index in [-0.39, 0.29) is 5.91 Å². The van der Waals surface area contributed by atoms with Gasteiger partial charge in [0.2, 0.25) is 0 Å². The van der Waals surface area contributed by atoms with E-state index in [1.54, 1.807) is 7.11 Å². The molecule has 0 spiro atoms. The van der Waals surface area contributed by atoms with Crippen molar-refractivity contribution in [2.24, 2.45) is 0 Å². The van der Waals surface area contributed by atoms with E-state index in [1.807, 2.05) is 54.6 Å². The number of aryl methyl sites for hydroxylation is 1. The Kier molecular flexibility index (Phi) is 5.63. The van der Waals surface area contributed by atoms with Gasteiger partial charge < -0.3 is 4.74 Å². The van der Waals surface area contributed by atoms with E-state index in [0.717, 1.165) is 32.5 Å². The zero-order valence-corrected chi connectivity index (χ0v) is 19.1. The number of benzene rings is 4. The second-order valence-corrected chi connectivity index (χ2v) is 8.78. The summed E-state index contributed by atoms with van der Waals surface area (Å²) in [5, 5.41) is 5.54. The minimum atomic E-state index is -0.249. The lowest BCUT2D eigenvalue weighted by molar-refractivity contribution is 0.102. The number of rotatable bonds is 5. The first-order valence-corrected chi connectivity index (χ1v) is 11.5. The van der Waals surface area contributed by atoms with Gasteiger partial charge >= 0.3 is 0 Å². The summed E-state index contributed by atoms with van der Waals surface area (Å²) in [5.74, 6) is 0.284. The first kappa shape index (κ1) is 20.9. The molecule has 33 heavy (non-hydrogen) atoms. The summed E-state index contributed by atoms with van der Waals surface area (Å²) in [4.78, 5) is 19.1. The van der Waals surface area contributed by atoms with Gasteiger partial charge in [-0.05, 0) is 35.4 Å². The molecule has 0 radical (unpaired) electrons. The topological polar surface area (TPSA) is 51.2 Å². The Bertz CT molecular complexity index is 1440. The number of fused-ring (bicyclic) bond motifs is 1. The molecule has 5 aromatic rings. The van der Waals surface area contributed by atoms with Gasteiger partial charge in [-0.2, -0.15) is 0 Å². The fourth-order valence-electron chi connectivity index (χ4n) is 3.80. The molecule has 5 rings (SSSR count). The molecule has 0 fully saturated rings. The number of nitrogens with zero attached hydrogens (tertiary/aromatic N) is 1. The first-order chi connectivity index (χ1) is 16.1. The highest BCUT2D eigenvalue weighted by Crippen LogP contribution is 2.39. The fraction of sp³-hybridized carbons (Fsp3) is 0.0714. The van der Waals surface area contributed by atoms with E-state index in [4.69, 9.17) is 9.72 Å². The summed E-state index contributed by atoms with van der Waals surface area (Å²) in [6, 6.07) is 30.0. The Morgan fingerprint density at radius 2 is 1.52 bits per heavy atom. The maximum atomic E-state index is 13.3. The Hall–Kier alpha value is -3.96. The highest BCUT2D eigenvalue weighted by molar-refractivity contribution is 7.19. The number of thiazole rings is 1. The normalized spacial score (nSPS) is 10.8. The Balaban J connectivity index is 1.54. The average molecular weight is 451 g/mol. The van der Waals surface area contributed by atoms with Gasteiger partial charge in [0.05, 0.1) is 23.2 Å². The molecule has 162 valence electrons. The largest absolute Gasteiger partial charge is 0.496 e. The molecule has 1 N–H and O–H groups in total. The minimum absolute atomic E-state index is 0.249. The van der Waals surface area contributed by atoms with Crippen LogP contribution >= 0.6 is 11.3 Å². The Morgan fingerprint density at radius 3 is 2.21 bits per heavy atom. The van der Waals surface area contributed by atoms with Crippen molar-refractivity contribution in [2.75, 3.05) is 12.4 Å². The van der Waals surface area contributed by atoms with Crippen molar-refractivity contribution >= 4 is 33.1 Å². The molecule has 1 aromatic heterocycles. The van der Waals surface area contributed by atoms with Crippen molar-refractivity contribution in [3.63, 3.8) is 0 Å². The van der Waals surface area contributed by atoms with Gasteiger partial charge in [0.25, 0.3) is 5.91 Å². The molecule has 4 nitrogen and oxygen atoms in total. The van der Waals surface area contributed by atoms with Crippen molar-refractivity contribution in [1.82, 2.24) is 4.98 Å². The smallest absolute Gasteiger partial charge is 0.261 e. The van der Waals surface area contributed by atoms with Crippen LogP contribution in [0.2, 0.25) is 0 Å². The molecule has 0 aliphatic carbocycles. The number of amides is 1. The number of aromatic nitrogens is 1. The molecule has 5 heteroatoms. The SMILES string of the molecule is COc1cc2ccccc2cc1C(=O)Nc1nc(-c2ccc(C)cc2)c(-c2ccccc2)s1. The second kappa shape index (κ2) is 8.88. The molecule has 0 bridgehead atoms. The summed E-state index contributed by atoms with van der Waals surface area (Å²) < 4.78 is 5.51. The molecule has 1 heterocycles. The number of anilines is 1. The van der Waals surface area contributed by atoms with Crippen LogP contribution in [0, 0.1) is 6.92 Å². The van der Waals surface area contributed by atoms with Crippen LogP contribution in [0.4, 0.5) is 5.13 Å². The quantitative estimate of drug-likeness (QED) is 0.308. The molecule has 0 unspecified atom stereocenters. The summed E-state index contributed by atoms with van der Waals surface area (Å²) in [5.41, 5.74) is 4.59. The van der Waals surface area contributed by atoms with E-state index in [9.17, 15) is 4.79 Å². The number of hydrogen-bond donors (Lipinski definition) is 1. The van der Waals surface area contributed by atoms with Gasteiger partial charge in [-0.3, -0.25) is 10.1 Å². The highest BCUT2D eigenvalue weighted by Gasteiger charge is 2.19. The molecule has 0 aliphatic heterocycles. The van der Waals surface area contributed by atoms with Crippen LogP contribution in [0.5, 0.6) is 5.75 Å². The predicted octanol–water partition coefficient (Wildman–Crippen LogP) is 7.20. The third kappa shape index (κ3) is 4.23. The highest BCUT2D eigenvalue weighted by atomic mass is 32.1. The zero-order valence-electron chi connectivity index (χ0n) is 18.3. The van der Waals surface area contributed by atoms with Gasteiger partial charge in [0.1, 0.15) is 5.75 Å². The second-order valence-electron chi connectivity index (χ2n) is 7.78. The number of hydrogen-bond acceptors (Lipinski definition) is 4. The van der Waals surface area contributed by atoms with Gasteiger partial charge in [0, 0.05) is 5.56 Å². The van der Waals surface area contributed by atoms with Gasteiger partial charge in [-0.15, -0.1) is 0 Å². The summed E-state index contributed by atoms with van der Waals surface area (Å²) >= 11 is 1.47. The fourth-order valence-corrected chi connectivity index (χ4v) is 4.78. The monoisotopic (exact) mass is 450 g/mol. The molecule has 1 amide bonds. The summed E-state index contributed by atoms with van der Waals surface area (Å²) in [7, 11) is 1.58. The predicted molar refractivity (Wildman–Crippen MR) is 136 cm³/mol. The Morgan fingerprint density at radius 1 is 0.848 bits per heavy atom. The van der Waals surface area contributed by atoms with Gasteiger partial charge in [-0.25, -0.2) is 4.98 Å². The molecule has 0 aliphatic rings. The van der Waals surface area contributed by atoms with Crippen LogP contribution < -0.4 is 10.1 Å². The van der Waals surface area contributed by atoms with E-state index >= 15 is 0 Å². The maximum absolute atomic E-state index is 13.3. The van der Waals surface area contributed by atoms with E-state index in [2.05, 4.69) is 48.6 Å². The molecule has 0 saturated heterocycles. The first-order valence-electron chi connectivity index (χ1n) is 10.6. The zero-order chi connectivity index (χ0) is 22.8. The van der Waals surface area contributed by atoms with Crippen LogP contribution in [-0.2, 0) is 0 Å². The third-order valence-electron chi connectivity index (χ3n) is 5.52. The number of ether oxygens (including phenoxy) is 1. The average Bonchev–Trinajstić information content (AvgIpc) is 3.27. The maximum Gasteiger partial charge on any atom is 0.261 e. The molecule has 0 saturated carbocycles. The van der Waals surface area contributed by atoms with E-state index in [0.29, 0.717) is 16.4 Å². The van der Waals surface area contributed by atoms with E-state index < -0.39 is 0 Å². The number of carbonyl (C=O) groups is 1. The van der Waals surface area contributed by atoms with Crippen molar-refractivity contribution in [2.45, 2.75) is 6.92 Å². The lowest BCUT2D eigenvalue weighted by atomic mass is 10.1. The van der Waals surface area contributed by atoms with Crippen molar-refractivity contribution in [3.8, 4) is 27.4 Å². The number of methoxy groups -OCH3 is 1. The molecular weight excluding hydrogens is 428 g/mol. The van der Waals surface area contributed by atoms with Gasteiger partial charge in [0.15, 0.2) is 5.13 Å². The number of carbonyl (C=O) groups excluding carboxylic acids is 1. The van der Waals surface area contributed by atoms with Crippen LogP contribution in [-0.4, -0.2) is 18.0 Å². The minimum Gasteiger partial charge on any atom is -0.496 e. The molecule has 4 aromatic carbocycles.